The van der Waals surface area contributed by atoms with Gasteiger partial charge in [-0.1, -0.05) is 29.7 Å². The molecule has 0 aliphatic heterocycles. The Morgan fingerprint density at radius 3 is 2.81 bits per heavy atom. The number of methoxy groups -OCH3 is 1. The first kappa shape index (κ1) is 20.1. The van der Waals surface area contributed by atoms with Crippen molar-refractivity contribution in [2.45, 2.75) is 0 Å². The average Bonchev–Trinajstić information content (AvgIpc) is 2.66. The molecule has 0 unspecified atom stereocenters. The van der Waals surface area contributed by atoms with Crippen LogP contribution in [0.5, 0.6) is 17.2 Å². The highest BCUT2D eigenvalue weighted by Crippen LogP contribution is 2.35. The van der Waals surface area contributed by atoms with Gasteiger partial charge in [0.2, 0.25) is 0 Å². The van der Waals surface area contributed by atoms with E-state index in [2.05, 4.69) is 16.4 Å². The molecule has 0 fully saturated rings. The fraction of sp³-hybridized carbons (Fsp3) is 0.158. The number of halogens is 2. The molecule has 140 valence electrons. The van der Waals surface area contributed by atoms with Crippen molar-refractivity contribution in [1.29, 1.82) is 0 Å². The van der Waals surface area contributed by atoms with Gasteiger partial charge in [-0.05, 0) is 29.8 Å². The molecule has 2 aromatic rings. The van der Waals surface area contributed by atoms with Crippen LogP contribution in [-0.4, -0.2) is 32.4 Å². The molecule has 0 radical (unpaired) electrons. The number of para-hydroxylation sites is 1. The van der Waals surface area contributed by atoms with Gasteiger partial charge in [-0.15, -0.1) is 6.42 Å². The lowest BCUT2D eigenvalue weighted by Crippen LogP contribution is -2.24. The van der Waals surface area contributed by atoms with Crippen molar-refractivity contribution >= 4 is 23.7 Å². The lowest BCUT2D eigenvalue weighted by atomic mass is 10.2. The van der Waals surface area contributed by atoms with Crippen LogP contribution in [0.25, 0.3) is 0 Å². The van der Waals surface area contributed by atoms with Crippen molar-refractivity contribution in [2.75, 3.05) is 20.3 Å². The molecule has 1 N–H and O–H groups in total. The second kappa shape index (κ2) is 10.0. The van der Waals surface area contributed by atoms with Gasteiger partial charge in [-0.2, -0.15) is 5.10 Å². The Bertz CT molecular complexity index is 880. The summed E-state index contributed by atoms with van der Waals surface area (Å²) in [7, 11) is 1.46. The molecule has 27 heavy (non-hydrogen) atoms. The standard InChI is InChI=1S/C19H16ClFN2O4/c1-3-8-26-19-14(20)9-13(10-17(19)25-2)11-22-23-18(24)12-27-16-7-5-4-6-15(16)21/h1,4-7,9-11H,8,12H2,2H3,(H,23,24)/b22-11-. The van der Waals surface area contributed by atoms with Gasteiger partial charge in [-0.25, -0.2) is 9.82 Å². The van der Waals surface area contributed by atoms with Gasteiger partial charge in [0.25, 0.3) is 5.91 Å². The number of hydrogen-bond donors (Lipinski definition) is 1. The number of rotatable bonds is 8. The molecule has 0 heterocycles. The fourth-order valence-electron chi connectivity index (χ4n) is 1.98. The Kier molecular flexibility index (Phi) is 7.47. The highest BCUT2D eigenvalue weighted by atomic mass is 35.5. The fourth-order valence-corrected chi connectivity index (χ4v) is 2.26. The minimum atomic E-state index is -0.554. The van der Waals surface area contributed by atoms with Crippen LogP contribution in [0.4, 0.5) is 4.39 Å². The Morgan fingerprint density at radius 1 is 1.33 bits per heavy atom. The van der Waals surface area contributed by atoms with E-state index in [4.69, 9.17) is 32.2 Å². The molecule has 0 saturated carbocycles. The largest absolute Gasteiger partial charge is 0.493 e. The first-order valence-electron chi connectivity index (χ1n) is 7.68. The molecule has 2 aromatic carbocycles. The number of hydrazone groups is 1. The van der Waals surface area contributed by atoms with E-state index in [0.29, 0.717) is 17.1 Å². The van der Waals surface area contributed by atoms with Crippen LogP contribution in [0.3, 0.4) is 0 Å². The van der Waals surface area contributed by atoms with E-state index in [1.165, 1.54) is 31.5 Å². The van der Waals surface area contributed by atoms with Crippen LogP contribution in [0.2, 0.25) is 5.02 Å². The van der Waals surface area contributed by atoms with Crippen molar-refractivity contribution in [3.63, 3.8) is 0 Å². The third-order valence-corrected chi connectivity index (χ3v) is 3.43. The predicted molar refractivity (Wildman–Crippen MR) is 100.0 cm³/mol. The molecule has 2 rings (SSSR count). The summed E-state index contributed by atoms with van der Waals surface area (Å²) >= 11 is 6.14. The summed E-state index contributed by atoms with van der Waals surface area (Å²) in [5.74, 6) is 1.90. The number of carbonyl (C=O) groups excluding carboxylic acids is 1. The molecular weight excluding hydrogens is 375 g/mol. The van der Waals surface area contributed by atoms with Crippen molar-refractivity contribution in [3.05, 3.63) is 52.8 Å². The zero-order valence-corrected chi connectivity index (χ0v) is 15.1. The monoisotopic (exact) mass is 390 g/mol. The maximum Gasteiger partial charge on any atom is 0.277 e. The van der Waals surface area contributed by atoms with E-state index in [1.54, 1.807) is 18.2 Å². The summed E-state index contributed by atoms with van der Waals surface area (Å²) in [5.41, 5.74) is 2.82. The number of nitrogens with zero attached hydrogens (tertiary/aromatic N) is 1. The third-order valence-electron chi connectivity index (χ3n) is 3.15. The van der Waals surface area contributed by atoms with Crippen molar-refractivity contribution in [3.8, 4) is 29.6 Å². The number of benzene rings is 2. The Labute approximate surface area is 160 Å². The molecule has 0 saturated heterocycles. The smallest absolute Gasteiger partial charge is 0.277 e. The van der Waals surface area contributed by atoms with E-state index < -0.39 is 11.7 Å². The second-order valence-electron chi connectivity index (χ2n) is 5.04. The number of hydrogen-bond acceptors (Lipinski definition) is 5. The Morgan fingerprint density at radius 2 is 2.11 bits per heavy atom. The number of terminal acetylenes is 1. The maximum atomic E-state index is 13.4. The van der Waals surface area contributed by atoms with E-state index >= 15 is 0 Å². The quantitative estimate of drug-likeness (QED) is 0.427. The normalized spacial score (nSPS) is 10.3. The highest BCUT2D eigenvalue weighted by Gasteiger charge is 2.11. The van der Waals surface area contributed by atoms with Crippen LogP contribution in [-0.2, 0) is 4.79 Å². The molecule has 0 aromatic heterocycles. The van der Waals surface area contributed by atoms with Gasteiger partial charge in [0, 0.05) is 0 Å². The number of amides is 1. The summed E-state index contributed by atoms with van der Waals surface area (Å²) < 4.78 is 29.0. The van der Waals surface area contributed by atoms with Crippen LogP contribution < -0.4 is 19.6 Å². The zero-order chi connectivity index (χ0) is 19.6. The minimum Gasteiger partial charge on any atom is -0.493 e. The van der Waals surface area contributed by atoms with Gasteiger partial charge in [0.15, 0.2) is 29.7 Å². The maximum absolute atomic E-state index is 13.4. The van der Waals surface area contributed by atoms with Crippen LogP contribution in [0.1, 0.15) is 5.56 Å². The van der Waals surface area contributed by atoms with E-state index in [0.717, 1.165) is 0 Å². The summed E-state index contributed by atoms with van der Waals surface area (Å²) in [4.78, 5) is 11.7. The van der Waals surface area contributed by atoms with E-state index in [-0.39, 0.29) is 24.0 Å². The first-order chi connectivity index (χ1) is 13.0. The molecule has 0 bridgehead atoms. The Balaban J connectivity index is 1.95. The average molecular weight is 391 g/mol. The summed E-state index contributed by atoms with van der Waals surface area (Å²) in [6.07, 6.45) is 6.52. The molecule has 0 aliphatic rings. The first-order valence-corrected chi connectivity index (χ1v) is 8.06. The SMILES string of the molecule is C#CCOc1c(Cl)cc(/C=N\NC(=O)COc2ccccc2F)cc1OC. The predicted octanol–water partition coefficient (Wildman–Crippen LogP) is 3.03. The minimum absolute atomic E-state index is 0.0179. The molecule has 8 heteroatoms. The molecule has 0 atom stereocenters. The van der Waals surface area contributed by atoms with Gasteiger partial charge in [-0.3, -0.25) is 4.79 Å². The van der Waals surface area contributed by atoms with Crippen LogP contribution in [0, 0.1) is 18.2 Å². The topological polar surface area (TPSA) is 69.2 Å². The van der Waals surface area contributed by atoms with Gasteiger partial charge in [0.05, 0.1) is 18.3 Å². The zero-order valence-electron chi connectivity index (χ0n) is 14.4. The lowest BCUT2D eigenvalue weighted by Gasteiger charge is -2.11. The third kappa shape index (κ3) is 5.90. The van der Waals surface area contributed by atoms with Crippen LogP contribution >= 0.6 is 11.6 Å². The number of ether oxygens (including phenoxy) is 3. The number of carbonyl (C=O) groups is 1. The van der Waals surface area contributed by atoms with E-state index in [1.807, 2.05) is 0 Å². The molecule has 6 nitrogen and oxygen atoms in total. The summed E-state index contributed by atoms with van der Waals surface area (Å²) in [6, 6.07) is 8.96. The number of nitrogens with one attached hydrogen (secondary N) is 1. The molecule has 0 spiro atoms. The lowest BCUT2D eigenvalue weighted by molar-refractivity contribution is -0.123. The highest BCUT2D eigenvalue weighted by molar-refractivity contribution is 6.32. The van der Waals surface area contributed by atoms with Crippen LogP contribution in [0.15, 0.2) is 41.5 Å². The second-order valence-corrected chi connectivity index (χ2v) is 5.45. The molecule has 0 aliphatic carbocycles. The van der Waals surface area contributed by atoms with Crippen molar-refractivity contribution < 1.29 is 23.4 Å². The Hall–Kier alpha value is -3.24. The van der Waals surface area contributed by atoms with Gasteiger partial charge < -0.3 is 14.2 Å². The summed E-state index contributed by atoms with van der Waals surface area (Å²) in [6.45, 7) is -0.344. The van der Waals surface area contributed by atoms with E-state index in [9.17, 15) is 9.18 Å². The molecular formula is C19H16ClFN2O4. The van der Waals surface area contributed by atoms with Crippen molar-refractivity contribution in [2.24, 2.45) is 5.10 Å². The molecule has 1 amide bonds. The summed E-state index contributed by atoms with van der Waals surface area (Å²) in [5, 5.41) is 4.08. The van der Waals surface area contributed by atoms with Crippen molar-refractivity contribution in [1.82, 2.24) is 5.43 Å². The van der Waals surface area contributed by atoms with Gasteiger partial charge in [0.1, 0.15) is 6.61 Å². The van der Waals surface area contributed by atoms with Gasteiger partial charge >= 0.3 is 0 Å².